The zero-order valence-electron chi connectivity index (χ0n) is 15.2. The Hall–Kier alpha value is -2.92. The molecule has 1 atom stereocenters. The molecule has 1 aliphatic heterocycles. The highest BCUT2D eigenvalue weighted by atomic mass is 19.1. The lowest BCUT2D eigenvalue weighted by molar-refractivity contribution is 0.175. The van der Waals surface area contributed by atoms with Gasteiger partial charge in [-0.1, -0.05) is 30.3 Å². The number of para-hydroxylation sites is 1. The van der Waals surface area contributed by atoms with E-state index in [4.69, 9.17) is 10.5 Å². The number of nitrogen functional groups attached to an aromatic ring is 1. The second-order valence-electron chi connectivity index (χ2n) is 6.92. The maximum absolute atomic E-state index is 14.1. The number of fused-ring (bicyclic) bond motifs is 1. The molecule has 2 aromatic carbocycles. The van der Waals surface area contributed by atoms with E-state index >= 15 is 0 Å². The van der Waals surface area contributed by atoms with Gasteiger partial charge in [-0.2, -0.15) is 0 Å². The summed E-state index contributed by atoms with van der Waals surface area (Å²) in [7, 11) is 2.08. The number of hydrogen-bond donors (Lipinski definition) is 1. The maximum Gasteiger partial charge on any atom is 0.165 e. The first-order valence-corrected chi connectivity index (χ1v) is 9.05. The van der Waals surface area contributed by atoms with Gasteiger partial charge in [0.05, 0.1) is 5.69 Å². The molecule has 0 radical (unpaired) electrons. The molecule has 0 amide bonds. The molecule has 5 heteroatoms. The highest BCUT2D eigenvalue weighted by Gasteiger charge is 2.24. The normalized spacial score (nSPS) is 17.2. The second-order valence-corrected chi connectivity index (χ2v) is 6.92. The smallest absolute Gasteiger partial charge is 0.165 e. The molecule has 0 bridgehead atoms. The zero-order valence-corrected chi connectivity index (χ0v) is 15.2. The van der Waals surface area contributed by atoms with Crippen LogP contribution in [0.15, 0.2) is 60.7 Å². The molecule has 27 heavy (non-hydrogen) atoms. The minimum absolute atomic E-state index is 0.190. The fourth-order valence-corrected chi connectivity index (χ4v) is 3.51. The number of ether oxygens (including phenoxy) is 1. The topological polar surface area (TPSA) is 51.4 Å². The van der Waals surface area contributed by atoms with Gasteiger partial charge in [-0.05, 0) is 48.5 Å². The number of benzene rings is 2. The summed E-state index contributed by atoms with van der Waals surface area (Å²) in [6.07, 6.45) is 0.609. The standard InChI is InChI=1S/C22H22FN3O/c1-26-12-11-20(27-21-7-3-2-5-18(21)23)17-10-9-15(13-16(17)14-26)19-6-4-8-22(24)25-19/h2-10,13,20H,11-12,14H2,1H3,(H2,24,25). The van der Waals surface area contributed by atoms with E-state index in [0.717, 1.165) is 41.9 Å². The Bertz CT molecular complexity index is 960. The SMILES string of the molecule is CN1CCC(Oc2ccccc2F)c2ccc(-c3cccc(N)n3)cc2C1. The minimum atomic E-state index is -0.336. The predicted molar refractivity (Wildman–Crippen MR) is 105 cm³/mol. The first kappa shape index (κ1) is 17.5. The van der Waals surface area contributed by atoms with Crippen molar-refractivity contribution in [1.29, 1.82) is 0 Å². The Morgan fingerprint density at radius 3 is 2.78 bits per heavy atom. The maximum atomic E-state index is 14.1. The molecule has 2 N–H and O–H groups in total. The van der Waals surface area contributed by atoms with Gasteiger partial charge in [-0.25, -0.2) is 9.37 Å². The van der Waals surface area contributed by atoms with E-state index in [-0.39, 0.29) is 11.9 Å². The minimum Gasteiger partial charge on any atom is -0.483 e. The lowest BCUT2D eigenvalue weighted by Crippen LogP contribution is -2.18. The van der Waals surface area contributed by atoms with Crippen molar-refractivity contribution < 1.29 is 9.13 Å². The quantitative estimate of drug-likeness (QED) is 0.748. The number of aromatic nitrogens is 1. The number of nitrogens with two attached hydrogens (primary N) is 1. The van der Waals surface area contributed by atoms with E-state index in [2.05, 4.69) is 29.1 Å². The van der Waals surface area contributed by atoms with Crippen LogP contribution in [0.2, 0.25) is 0 Å². The van der Waals surface area contributed by atoms with Crippen LogP contribution in [0.3, 0.4) is 0 Å². The molecule has 0 aliphatic carbocycles. The Morgan fingerprint density at radius 1 is 1.11 bits per heavy atom. The predicted octanol–water partition coefficient (Wildman–Crippen LogP) is 4.43. The van der Waals surface area contributed by atoms with E-state index in [9.17, 15) is 4.39 Å². The van der Waals surface area contributed by atoms with Gasteiger partial charge in [0.25, 0.3) is 0 Å². The Morgan fingerprint density at radius 2 is 1.96 bits per heavy atom. The van der Waals surface area contributed by atoms with E-state index in [1.54, 1.807) is 24.3 Å². The van der Waals surface area contributed by atoms with Gasteiger partial charge >= 0.3 is 0 Å². The largest absolute Gasteiger partial charge is 0.483 e. The van der Waals surface area contributed by atoms with Crippen LogP contribution in [0.1, 0.15) is 23.7 Å². The lowest BCUT2D eigenvalue weighted by atomic mass is 9.97. The third-order valence-corrected chi connectivity index (χ3v) is 4.88. The molecule has 3 aromatic rings. The van der Waals surface area contributed by atoms with E-state index in [1.165, 1.54) is 6.07 Å². The average Bonchev–Trinajstić information content (AvgIpc) is 2.81. The van der Waals surface area contributed by atoms with Crippen molar-refractivity contribution in [3.63, 3.8) is 0 Å². The molecule has 0 fully saturated rings. The Kier molecular flexibility index (Phi) is 4.77. The molecule has 0 saturated heterocycles. The molecular formula is C22H22FN3O. The summed E-state index contributed by atoms with van der Waals surface area (Å²) < 4.78 is 20.1. The van der Waals surface area contributed by atoms with Gasteiger partial charge in [0.2, 0.25) is 0 Å². The van der Waals surface area contributed by atoms with Crippen LogP contribution in [0.25, 0.3) is 11.3 Å². The molecule has 1 aromatic heterocycles. The summed E-state index contributed by atoms with van der Waals surface area (Å²) in [6, 6.07) is 18.4. The van der Waals surface area contributed by atoms with Gasteiger partial charge in [0.1, 0.15) is 11.9 Å². The first-order valence-electron chi connectivity index (χ1n) is 9.05. The summed E-state index contributed by atoms with van der Waals surface area (Å²) >= 11 is 0. The average molecular weight is 363 g/mol. The molecule has 0 spiro atoms. The second kappa shape index (κ2) is 7.37. The number of hydrogen-bond acceptors (Lipinski definition) is 4. The van der Waals surface area contributed by atoms with E-state index in [0.29, 0.717) is 11.6 Å². The highest BCUT2D eigenvalue weighted by molar-refractivity contribution is 5.63. The summed E-state index contributed by atoms with van der Waals surface area (Å²) in [5.41, 5.74) is 9.94. The van der Waals surface area contributed by atoms with E-state index in [1.807, 2.05) is 18.2 Å². The first-order chi connectivity index (χ1) is 13.1. The Labute approximate surface area is 158 Å². The van der Waals surface area contributed by atoms with Crippen molar-refractivity contribution in [2.24, 2.45) is 0 Å². The van der Waals surface area contributed by atoms with Gasteiger partial charge in [-0.15, -0.1) is 0 Å². The Balaban J connectivity index is 1.71. The number of rotatable bonds is 3. The van der Waals surface area contributed by atoms with Crippen LogP contribution >= 0.6 is 0 Å². The van der Waals surface area contributed by atoms with Gasteiger partial charge in [0.15, 0.2) is 11.6 Å². The number of pyridine rings is 1. The zero-order chi connectivity index (χ0) is 18.8. The molecule has 1 aliphatic rings. The van der Waals surface area contributed by atoms with Crippen molar-refractivity contribution in [3.8, 4) is 17.0 Å². The van der Waals surface area contributed by atoms with Crippen LogP contribution < -0.4 is 10.5 Å². The van der Waals surface area contributed by atoms with Crippen molar-refractivity contribution in [2.45, 2.75) is 19.1 Å². The molecule has 138 valence electrons. The third kappa shape index (κ3) is 3.78. The van der Waals surface area contributed by atoms with Crippen LogP contribution in [-0.2, 0) is 6.54 Å². The number of nitrogens with zero attached hydrogens (tertiary/aromatic N) is 2. The number of halogens is 1. The van der Waals surface area contributed by atoms with Gasteiger partial charge in [-0.3, -0.25) is 0 Å². The fraction of sp³-hybridized carbons (Fsp3) is 0.227. The molecular weight excluding hydrogens is 341 g/mol. The van der Waals surface area contributed by atoms with Crippen LogP contribution in [0, 0.1) is 5.82 Å². The highest BCUT2D eigenvalue weighted by Crippen LogP contribution is 2.34. The van der Waals surface area contributed by atoms with Gasteiger partial charge in [0, 0.05) is 25.1 Å². The number of anilines is 1. The van der Waals surface area contributed by atoms with Crippen molar-refractivity contribution >= 4 is 5.82 Å². The third-order valence-electron chi connectivity index (χ3n) is 4.88. The van der Waals surface area contributed by atoms with Crippen LogP contribution in [0.5, 0.6) is 5.75 Å². The van der Waals surface area contributed by atoms with Crippen LogP contribution in [0.4, 0.5) is 10.2 Å². The van der Waals surface area contributed by atoms with Crippen LogP contribution in [-0.4, -0.2) is 23.5 Å². The van der Waals surface area contributed by atoms with Crippen molar-refractivity contribution in [3.05, 3.63) is 77.6 Å². The summed E-state index contributed by atoms with van der Waals surface area (Å²) in [4.78, 5) is 6.67. The van der Waals surface area contributed by atoms with E-state index < -0.39 is 0 Å². The molecule has 1 unspecified atom stereocenters. The van der Waals surface area contributed by atoms with Gasteiger partial charge < -0.3 is 15.4 Å². The molecule has 2 heterocycles. The van der Waals surface area contributed by atoms with Crippen molar-refractivity contribution in [1.82, 2.24) is 9.88 Å². The molecule has 4 nitrogen and oxygen atoms in total. The van der Waals surface area contributed by atoms with Crippen molar-refractivity contribution in [2.75, 3.05) is 19.3 Å². The summed E-state index contributed by atoms with van der Waals surface area (Å²) in [5.74, 6) is 0.456. The molecule has 0 saturated carbocycles. The monoisotopic (exact) mass is 363 g/mol. The fourth-order valence-electron chi connectivity index (χ4n) is 3.51. The lowest BCUT2D eigenvalue weighted by Gasteiger charge is -2.20. The summed E-state index contributed by atoms with van der Waals surface area (Å²) in [6.45, 7) is 1.68. The molecule has 4 rings (SSSR count). The summed E-state index contributed by atoms with van der Waals surface area (Å²) in [5, 5.41) is 0.